The molecule has 5 atom stereocenters. The molecule has 55 heavy (non-hydrogen) atoms. The van der Waals surface area contributed by atoms with E-state index in [1.165, 1.54) is 77.0 Å². The number of esters is 2. The molecule has 0 heterocycles. The van der Waals surface area contributed by atoms with Gasteiger partial charge in [-0.15, -0.1) is 0 Å². The van der Waals surface area contributed by atoms with Crippen LogP contribution in [0.4, 0.5) is 0 Å². The van der Waals surface area contributed by atoms with Crippen LogP contribution in [-0.4, -0.2) is 61.3 Å². The molecule has 3 rings (SSSR count). The normalized spacial score (nSPS) is 28.7. The molecule has 0 bridgehead atoms. The second-order valence-corrected chi connectivity index (χ2v) is 18.6. The Kier molecular flexibility index (Phi) is 22.2. The first-order valence-electron chi connectivity index (χ1n) is 23.0. The van der Waals surface area contributed by atoms with Gasteiger partial charge in [-0.3, -0.25) is 0 Å². The van der Waals surface area contributed by atoms with Crippen molar-refractivity contribution in [1.82, 2.24) is 0 Å². The molecule has 0 radical (unpaired) electrons. The van der Waals surface area contributed by atoms with E-state index in [2.05, 4.69) is 33.9 Å². The average molecular weight is 773 g/mol. The first-order chi connectivity index (χ1) is 26.5. The van der Waals surface area contributed by atoms with E-state index in [9.17, 15) is 19.8 Å². The highest BCUT2D eigenvalue weighted by atomic mass is 16.5. The van der Waals surface area contributed by atoms with Gasteiger partial charge in [-0.1, -0.05) is 91.7 Å². The molecule has 7 heteroatoms. The molecule has 318 valence electrons. The van der Waals surface area contributed by atoms with Crippen LogP contribution in [0.3, 0.4) is 0 Å². The summed E-state index contributed by atoms with van der Waals surface area (Å²) in [6, 6.07) is 0. The summed E-state index contributed by atoms with van der Waals surface area (Å²) in [5, 5.41) is 20.7. The molecule has 3 aliphatic rings. The number of ether oxygens (including phenoxy) is 3. The second kappa shape index (κ2) is 25.6. The van der Waals surface area contributed by atoms with Crippen molar-refractivity contribution < 1.29 is 34.0 Å². The highest BCUT2D eigenvalue weighted by Gasteiger charge is 2.45. The van der Waals surface area contributed by atoms with Crippen LogP contribution >= 0.6 is 0 Å². The van der Waals surface area contributed by atoms with E-state index in [1.807, 2.05) is 0 Å². The molecule has 3 saturated carbocycles. The molecule has 0 amide bonds. The molecule has 0 saturated heterocycles. The van der Waals surface area contributed by atoms with Crippen molar-refractivity contribution in [2.75, 3.05) is 33.0 Å². The summed E-state index contributed by atoms with van der Waals surface area (Å²) in [6.07, 6.45) is 25.7. The van der Waals surface area contributed by atoms with Crippen LogP contribution < -0.4 is 0 Å². The van der Waals surface area contributed by atoms with Crippen molar-refractivity contribution in [3.05, 3.63) is 24.3 Å². The van der Waals surface area contributed by atoms with E-state index in [-0.39, 0.29) is 31.3 Å². The summed E-state index contributed by atoms with van der Waals surface area (Å²) in [5.74, 6) is 4.80. The number of carbonyl (C=O) groups excluding carboxylic acids is 2. The zero-order valence-electron chi connectivity index (χ0n) is 36.1. The van der Waals surface area contributed by atoms with Crippen LogP contribution in [0.2, 0.25) is 0 Å². The zero-order chi connectivity index (χ0) is 40.2. The van der Waals surface area contributed by atoms with Gasteiger partial charge in [0.25, 0.3) is 0 Å². The van der Waals surface area contributed by atoms with Gasteiger partial charge in [0.2, 0.25) is 0 Å². The summed E-state index contributed by atoms with van der Waals surface area (Å²) in [7, 11) is 0. The SMILES string of the molecule is C=C(C)C(=O)OCCCC1CC(C2CCC(C3CCC(CCCCC)CC3)CC2CC)CC(CCCOC(=O)C(=C)C)C1OCCC(CO)(CO)CCCC. The van der Waals surface area contributed by atoms with Crippen molar-refractivity contribution in [3.8, 4) is 0 Å². The Morgan fingerprint density at radius 3 is 1.67 bits per heavy atom. The topological polar surface area (TPSA) is 102 Å². The molecule has 3 fully saturated rings. The largest absolute Gasteiger partial charge is 0.462 e. The fourth-order valence-electron chi connectivity index (χ4n) is 10.9. The highest BCUT2D eigenvalue weighted by molar-refractivity contribution is 5.87. The smallest absolute Gasteiger partial charge is 0.333 e. The lowest BCUT2D eigenvalue weighted by Gasteiger charge is -2.49. The van der Waals surface area contributed by atoms with Crippen molar-refractivity contribution in [3.63, 3.8) is 0 Å². The van der Waals surface area contributed by atoms with E-state index in [0.29, 0.717) is 61.1 Å². The minimum Gasteiger partial charge on any atom is -0.462 e. The lowest BCUT2D eigenvalue weighted by atomic mass is 9.58. The van der Waals surface area contributed by atoms with Gasteiger partial charge in [-0.2, -0.15) is 0 Å². The molecule has 0 aromatic heterocycles. The van der Waals surface area contributed by atoms with Crippen LogP contribution in [0.5, 0.6) is 0 Å². The molecule has 0 aromatic carbocycles. The fraction of sp³-hybridized carbons (Fsp3) is 0.875. The van der Waals surface area contributed by atoms with Crippen molar-refractivity contribution in [1.29, 1.82) is 0 Å². The fourth-order valence-corrected chi connectivity index (χ4v) is 10.9. The number of rotatable bonds is 26. The van der Waals surface area contributed by atoms with E-state index in [1.54, 1.807) is 13.8 Å². The maximum Gasteiger partial charge on any atom is 0.333 e. The van der Waals surface area contributed by atoms with Crippen LogP contribution in [0, 0.1) is 52.8 Å². The number of aliphatic hydroxyl groups is 2. The minimum atomic E-state index is -0.535. The Morgan fingerprint density at radius 2 is 1.16 bits per heavy atom. The Hall–Kier alpha value is -1.70. The van der Waals surface area contributed by atoms with Gasteiger partial charge in [0, 0.05) is 23.2 Å². The van der Waals surface area contributed by atoms with Gasteiger partial charge in [0.1, 0.15) is 0 Å². The molecule has 0 aliphatic heterocycles. The first kappa shape index (κ1) is 47.7. The summed E-state index contributed by atoms with van der Waals surface area (Å²) in [5.41, 5.74) is 0.311. The Labute approximate surface area is 337 Å². The van der Waals surface area contributed by atoms with Gasteiger partial charge in [-0.25, -0.2) is 9.59 Å². The zero-order valence-corrected chi connectivity index (χ0v) is 36.1. The Balaban J connectivity index is 1.77. The molecule has 0 spiro atoms. The lowest BCUT2D eigenvalue weighted by Crippen LogP contribution is -2.44. The first-order valence-corrected chi connectivity index (χ1v) is 23.0. The molecular formula is C48H84O7. The third-order valence-electron chi connectivity index (χ3n) is 14.4. The maximum atomic E-state index is 12.2. The van der Waals surface area contributed by atoms with Crippen LogP contribution in [0.25, 0.3) is 0 Å². The Morgan fingerprint density at radius 1 is 0.618 bits per heavy atom. The summed E-state index contributed by atoms with van der Waals surface area (Å²) in [6.45, 7) is 18.9. The number of hydrogen-bond donors (Lipinski definition) is 2. The van der Waals surface area contributed by atoms with Crippen molar-refractivity contribution in [2.45, 2.75) is 182 Å². The molecular weight excluding hydrogens is 689 g/mol. The number of carbonyl (C=O) groups is 2. The second-order valence-electron chi connectivity index (χ2n) is 18.6. The molecule has 2 N–H and O–H groups in total. The third-order valence-corrected chi connectivity index (χ3v) is 14.4. The van der Waals surface area contributed by atoms with Gasteiger partial charge in [0.05, 0.1) is 32.5 Å². The predicted molar refractivity (Wildman–Crippen MR) is 224 cm³/mol. The van der Waals surface area contributed by atoms with Gasteiger partial charge < -0.3 is 24.4 Å². The van der Waals surface area contributed by atoms with Crippen LogP contribution in [-0.2, 0) is 23.8 Å². The molecule has 0 aromatic rings. The summed E-state index contributed by atoms with van der Waals surface area (Å²) >= 11 is 0. The predicted octanol–water partition coefficient (Wildman–Crippen LogP) is 11.2. The van der Waals surface area contributed by atoms with Crippen molar-refractivity contribution >= 4 is 11.9 Å². The molecule has 5 unspecified atom stereocenters. The number of unbranched alkanes of at least 4 members (excludes halogenated alkanes) is 3. The van der Waals surface area contributed by atoms with E-state index in [4.69, 9.17) is 14.2 Å². The summed E-state index contributed by atoms with van der Waals surface area (Å²) in [4.78, 5) is 24.4. The van der Waals surface area contributed by atoms with Gasteiger partial charge in [-0.05, 0) is 145 Å². The molecule has 7 nitrogen and oxygen atoms in total. The number of hydrogen-bond acceptors (Lipinski definition) is 7. The van der Waals surface area contributed by atoms with Crippen LogP contribution in [0.1, 0.15) is 176 Å². The van der Waals surface area contributed by atoms with Crippen molar-refractivity contribution in [2.24, 2.45) is 52.8 Å². The lowest BCUT2D eigenvalue weighted by molar-refractivity contribution is -0.139. The van der Waals surface area contributed by atoms with Gasteiger partial charge >= 0.3 is 11.9 Å². The standard InChI is InChI=1S/C48H84O7/c1-8-11-13-16-37-19-21-39(22-20-37)40-23-24-44(38(10-3)30-40)43-31-41(17-14-27-54-46(51)35(4)5)45(42(32-43)18-15-28-55-47(52)36(6)7)53-29-26-48(33-49,34-50)25-12-9-2/h37-45,49-50H,4,6,8-34H2,1-3,5,7H3. The molecule has 3 aliphatic carbocycles. The monoisotopic (exact) mass is 773 g/mol. The highest BCUT2D eigenvalue weighted by Crippen LogP contribution is 2.52. The quantitative estimate of drug-likeness (QED) is 0.0513. The van der Waals surface area contributed by atoms with E-state index < -0.39 is 5.41 Å². The minimum absolute atomic E-state index is 0.0233. The summed E-state index contributed by atoms with van der Waals surface area (Å²) < 4.78 is 18.1. The third kappa shape index (κ3) is 15.5. The maximum absolute atomic E-state index is 12.2. The van der Waals surface area contributed by atoms with Gasteiger partial charge in [0.15, 0.2) is 0 Å². The van der Waals surface area contributed by atoms with E-state index >= 15 is 0 Å². The van der Waals surface area contributed by atoms with E-state index in [0.717, 1.165) is 81.5 Å². The average Bonchev–Trinajstić information content (AvgIpc) is 3.19. The number of aliphatic hydroxyl groups excluding tert-OH is 2. The van der Waals surface area contributed by atoms with Crippen LogP contribution in [0.15, 0.2) is 24.3 Å². The Bertz CT molecular complexity index is 1080.